The molecular weight excluding hydrogens is 452 g/mol. The van der Waals surface area contributed by atoms with Crippen molar-refractivity contribution >= 4 is 34.3 Å². The summed E-state index contributed by atoms with van der Waals surface area (Å²) in [5.74, 6) is 1.70. The Bertz CT molecular complexity index is 1460. The summed E-state index contributed by atoms with van der Waals surface area (Å²) in [5, 5.41) is 3.19. The SMILES string of the molecule is COc1ccc2nc(-c3cc(-c4ccc(OC(=O)NCc5ccncc5)s4)cnc3N)[nH]c2c1. The number of thiophene rings is 1. The zero-order valence-corrected chi connectivity index (χ0v) is 18.9. The van der Waals surface area contributed by atoms with Gasteiger partial charge >= 0.3 is 6.09 Å². The molecule has 0 saturated heterocycles. The molecular formula is C24H20N6O3S. The maximum Gasteiger partial charge on any atom is 0.413 e. The summed E-state index contributed by atoms with van der Waals surface area (Å²) in [6.07, 6.45) is 4.50. The first-order valence-corrected chi connectivity index (χ1v) is 11.1. The van der Waals surface area contributed by atoms with E-state index in [0.717, 1.165) is 32.8 Å². The van der Waals surface area contributed by atoms with Crippen LogP contribution in [-0.4, -0.2) is 33.1 Å². The molecule has 4 heterocycles. The number of nitrogen functional groups attached to an aromatic ring is 1. The second-order valence-electron chi connectivity index (χ2n) is 7.34. The summed E-state index contributed by atoms with van der Waals surface area (Å²) < 4.78 is 10.7. The number of benzene rings is 1. The molecule has 4 aromatic heterocycles. The predicted octanol–water partition coefficient (Wildman–Crippen LogP) is 4.63. The minimum atomic E-state index is -0.529. The van der Waals surface area contributed by atoms with Gasteiger partial charge in [0.1, 0.15) is 17.4 Å². The Labute approximate surface area is 198 Å². The number of hydrogen-bond acceptors (Lipinski definition) is 8. The number of nitrogens with one attached hydrogen (secondary N) is 2. The van der Waals surface area contributed by atoms with Gasteiger partial charge in [-0.25, -0.2) is 14.8 Å². The van der Waals surface area contributed by atoms with Crippen LogP contribution >= 0.6 is 11.3 Å². The highest BCUT2D eigenvalue weighted by Gasteiger charge is 2.14. The van der Waals surface area contributed by atoms with Crippen LogP contribution in [0.2, 0.25) is 0 Å². The number of amides is 1. The molecule has 34 heavy (non-hydrogen) atoms. The number of aromatic amines is 1. The first kappa shape index (κ1) is 21.4. The lowest BCUT2D eigenvalue weighted by Crippen LogP contribution is -2.25. The van der Waals surface area contributed by atoms with Crippen LogP contribution in [0.3, 0.4) is 0 Å². The number of hydrogen-bond donors (Lipinski definition) is 3. The smallest absolute Gasteiger partial charge is 0.413 e. The number of ether oxygens (including phenoxy) is 2. The fourth-order valence-electron chi connectivity index (χ4n) is 3.38. The Morgan fingerprint density at radius 1 is 1.15 bits per heavy atom. The van der Waals surface area contributed by atoms with E-state index < -0.39 is 6.09 Å². The average Bonchev–Trinajstić information content (AvgIpc) is 3.50. The molecule has 0 bridgehead atoms. The van der Waals surface area contributed by atoms with Gasteiger partial charge in [-0.2, -0.15) is 0 Å². The second-order valence-corrected chi connectivity index (χ2v) is 8.39. The van der Waals surface area contributed by atoms with Crippen molar-refractivity contribution in [1.82, 2.24) is 25.3 Å². The van der Waals surface area contributed by atoms with E-state index in [4.69, 9.17) is 15.2 Å². The third-order valence-corrected chi connectivity index (χ3v) is 6.12. The molecule has 9 nitrogen and oxygen atoms in total. The maximum atomic E-state index is 12.2. The van der Waals surface area contributed by atoms with Gasteiger partial charge in [-0.15, -0.1) is 0 Å². The summed E-state index contributed by atoms with van der Waals surface area (Å²) in [6.45, 7) is 0.355. The van der Waals surface area contributed by atoms with E-state index in [1.807, 2.05) is 42.5 Å². The van der Waals surface area contributed by atoms with Crippen LogP contribution in [0.1, 0.15) is 5.56 Å². The lowest BCUT2D eigenvalue weighted by atomic mass is 10.1. The van der Waals surface area contributed by atoms with E-state index in [-0.39, 0.29) is 0 Å². The Kier molecular flexibility index (Phi) is 5.79. The van der Waals surface area contributed by atoms with Crippen molar-refractivity contribution in [2.24, 2.45) is 0 Å². The van der Waals surface area contributed by atoms with E-state index in [1.165, 1.54) is 11.3 Å². The first-order chi connectivity index (χ1) is 16.6. The fraction of sp³-hybridized carbons (Fsp3) is 0.0833. The molecule has 1 amide bonds. The Morgan fingerprint density at radius 3 is 2.82 bits per heavy atom. The largest absolute Gasteiger partial charge is 0.497 e. The molecule has 5 aromatic rings. The van der Waals surface area contributed by atoms with E-state index in [1.54, 1.807) is 31.8 Å². The summed E-state index contributed by atoms with van der Waals surface area (Å²) >= 11 is 1.33. The summed E-state index contributed by atoms with van der Waals surface area (Å²) in [7, 11) is 1.62. The second kappa shape index (κ2) is 9.20. The van der Waals surface area contributed by atoms with Crippen molar-refractivity contribution < 1.29 is 14.3 Å². The maximum absolute atomic E-state index is 12.2. The number of methoxy groups -OCH3 is 1. The normalized spacial score (nSPS) is 10.9. The molecule has 0 unspecified atom stereocenters. The third-order valence-electron chi connectivity index (χ3n) is 5.11. The number of anilines is 1. The molecule has 0 saturated carbocycles. The van der Waals surface area contributed by atoms with Crippen molar-refractivity contribution in [1.29, 1.82) is 0 Å². The number of rotatable bonds is 6. The predicted molar refractivity (Wildman–Crippen MR) is 131 cm³/mol. The molecule has 4 N–H and O–H groups in total. The minimum absolute atomic E-state index is 0.355. The molecule has 0 spiro atoms. The van der Waals surface area contributed by atoms with E-state index in [0.29, 0.717) is 28.8 Å². The van der Waals surface area contributed by atoms with Gasteiger partial charge in [0.05, 0.1) is 23.7 Å². The van der Waals surface area contributed by atoms with Crippen LogP contribution in [0.5, 0.6) is 10.8 Å². The topological polar surface area (TPSA) is 128 Å². The van der Waals surface area contributed by atoms with Gasteiger partial charge in [0, 0.05) is 41.6 Å². The highest BCUT2D eigenvalue weighted by Crippen LogP contribution is 2.36. The fourth-order valence-corrected chi connectivity index (χ4v) is 4.21. The van der Waals surface area contributed by atoms with E-state index in [9.17, 15) is 4.79 Å². The van der Waals surface area contributed by atoms with Crippen LogP contribution in [0.25, 0.3) is 32.9 Å². The van der Waals surface area contributed by atoms with Gasteiger partial charge in [-0.1, -0.05) is 11.3 Å². The van der Waals surface area contributed by atoms with Gasteiger partial charge in [0.25, 0.3) is 0 Å². The number of fused-ring (bicyclic) bond motifs is 1. The van der Waals surface area contributed by atoms with Gasteiger partial charge < -0.3 is 25.5 Å². The zero-order valence-electron chi connectivity index (χ0n) is 18.1. The number of carbonyl (C=O) groups excluding carboxylic acids is 1. The Hall–Kier alpha value is -4.44. The van der Waals surface area contributed by atoms with Crippen LogP contribution < -0.4 is 20.5 Å². The van der Waals surface area contributed by atoms with Gasteiger partial charge in [0.2, 0.25) is 0 Å². The summed E-state index contributed by atoms with van der Waals surface area (Å²) in [6, 6.07) is 14.8. The standard InChI is InChI=1S/C24H20N6O3S/c1-32-16-2-3-18-19(11-16)30-23(29-18)17-10-15(13-27-22(17)25)20-4-5-21(34-20)33-24(31)28-12-14-6-8-26-9-7-14/h2-11,13H,12H2,1H3,(H2,25,27)(H,28,31)(H,29,30). The lowest BCUT2D eigenvalue weighted by Gasteiger charge is -2.05. The molecule has 0 aliphatic rings. The molecule has 0 aliphatic heterocycles. The number of imidazole rings is 1. The number of pyridine rings is 2. The average molecular weight is 473 g/mol. The highest BCUT2D eigenvalue weighted by molar-refractivity contribution is 7.17. The summed E-state index contributed by atoms with van der Waals surface area (Å²) in [4.78, 5) is 29.2. The van der Waals surface area contributed by atoms with Crippen LogP contribution in [0.15, 0.2) is 67.1 Å². The van der Waals surface area contributed by atoms with E-state index >= 15 is 0 Å². The molecule has 0 fully saturated rings. The molecule has 0 atom stereocenters. The number of H-pyrrole nitrogens is 1. The quantitative estimate of drug-likeness (QED) is 0.329. The molecule has 5 rings (SSSR count). The highest BCUT2D eigenvalue weighted by atomic mass is 32.1. The van der Waals surface area contributed by atoms with Crippen LogP contribution in [0, 0.1) is 0 Å². The number of carbonyl (C=O) groups is 1. The number of nitrogens with two attached hydrogens (primary N) is 1. The third kappa shape index (κ3) is 4.52. The summed E-state index contributed by atoms with van der Waals surface area (Å²) in [5.41, 5.74) is 10.2. The van der Waals surface area contributed by atoms with Crippen molar-refractivity contribution in [3.63, 3.8) is 0 Å². The first-order valence-electron chi connectivity index (χ1n) is 10.3. The number of nitrogens with zero attached hydrogens (tertiary/aromatic N) is 3. The lowest BCUT2D eigenvalue weighted by molar-refractivity contribution is 0.201. The van der Waals surface area contributed by atoms with E-state index in [2.05, 4.69) is 25.3 Å². The molecule has 10 heteroatoms. The van der Waals surface area contributed by atoms with Crippen molar-refractivity contribution in [2.45, 2.75) is 6.54 Å². The van der Waals surface area contributed by atoms with Gasteiger partial charge in [-0.05, 0) is 48.0 Å². The molecule has 0 aliphatic carbocycles. The molecule has 170 valence electrons. The minimum Gasteiger partial charge on any atom is -0.497 e. The molecule has 1 aromatic carbocycles. The van der Waals surface area contributed by atoms with Crippen molar-refractivity contribution in [3.05, 3.63) is 72.7 Å². The van der Waals surface area contributed by atoms with Crippen molar-refractivity contribution in [3.8, 4) is 32.6 Å². The van der Waals surface area contributed by atoms with Gasteiger partial charge in [-0.3, -0.25) is 4.98 Å². The van der Waals surface area contributed by atoms with Gasteiger partial charge in [0.15, 0.2) is 5.06 Å². The monoisotopic (exact) mass is 472 g/mol. The molecule has 0 radical (unpaired) electrons. The Morgan fingerprint density at radius 2 is 2.00 bits per heavy atom. The number of aromatic nitrogens is 4. The zero-order chi connectivity index (χ0) is 23.5. The Balaban J connectivity index is 1.33. The van der Waals surface area contributed by atoms with Crippen molar-refractivity contribution in [2.75, 3.05) is 12.8 Å². The van der Waals surface area contributed by atoms with Crippen LogP contribution in [-0.2, 0) is 6.54 Å². The van der Waals surface area contributed by atoms with Crippen LogP contribution in [0.4, 0.5) is 10.6 Å².